The molecule has 130 valence electrons. The van der Waals surface area contributed by atoms with E-state index in [9.17, 15) is 0 Å². The summed E-state index contributed by atoms with van der Waals surface area (Å²) in [4.78, 5) is 0. The first-order valence-electron chi connectivity index (χ1n) is 9.63. The van der Waals surface area contributed by atoms with Crippen LogP contribution in [-0.2, 0) is 6.42 Å². The first kappa shape index (κ1) is 15.7. The number of aromatic nitrogens is 1. The Morgan fingerprint density at radius 2 is 1.85 bits per heavy atom. The Hall–Kier alpha value is -2.58. The van der Waals surface area contributed by atoms with Gasteiger partial charge in [-0.05, 0) is 55.5 Å². The van der Waals surface area contributed by atoms with E-state index in [0.29, 0.717) is 6.04 Å². The molecule has 0 saturated heterocycles. The maximum Gasteiger partial charge on any atom is 0.0537 e. The van der Waals surface area contributed by atoms with Crippen molar-refractivity contribution < 1.29 is 0 Å². The van der Waals surface area contributed by atoms with Crippen LogP contribution < -0.4 is 5.32 Å². The number of nitrogens with zero attached hydrogens (tertiary/aromatic N) is 1. The molecule has 0 bridgehead atoms. The molecule has 5 rings (SSSR count). The van der Waals surface area contributed by atoms with Gasteiger partial charge in [-0.25, -0.2) is 0 Å². The molecule has 0 amide bonds. The first-order chi connectivity index (χ1) is 12.8. The molecule has 1 atom stereocenters. The van der Waals surface area contributed by atoms with Gasteiger partial charge in [-0.3, -0.25) is 0 Å². The van der Waals surface area contributed by atoms with Crippen LogP contribution in [0.3, 0.4) is 0 Å². The molecule has 1 unspecified atom stereocenters. The van der Waals surface area contributed by atoms with Gasteiger partial charge in [0, 0.05) is 22.5 Å². The zero-order valence-electron chi connectivity index (χ0n) is 15.4. The van der Waals surface area contributed by atoms with Crippen molar-refractivity contribution in [2.45, 2.75) is 32.7 Å². The number of nitrogens with one attached hydrogen (secondary N) is 1. The second kappa shape index (κ2) is 6.00. The Kier molecular flexibility index (Phi) is 3.61. The SMILES string of the molecule is CCC1NCCc2c1n(-c1cccc3ccccc13)c1ccc(C)cc21. The number of aryl methyl sites for hydroxylation is 1. The zero-order valence-corrected chi connectivity index (χ0v) is 15.4. The van der Waals surface area contributed by atoms with Crippen LogP contribution in [0, 0.1) is 6.92 Å². The van der Waals surface area contributed by atoms with E-state index in [4.69, 9.17) is 0 Å². The van der Waals surface area contributed by atoms with Crippen LogP contribution in [0.2, 0.25) is 0 Å². The van der Waals surface area contributed by atoms with Crippen LogP contribution in [0.1, 0.15) is 36.2 Å². The summed E-state index contributed by atoms with van der Waals surface area (Å²) >= 11 is 0. The van der Waals surface area contributed by atoms with Crippen molar-refractivity contribution in [3.05, 3.63) is 77.5 Å². The van der Waals surface area contributed by atoms with Gasteiger partial charge < -0.3 is 9.88 Å². The molecular weight excluding hydrogens is 316 g/mol. The fraction of sp³-hybridized carbons (Fsp3) is 0.250. The molecular formula is C24H24N2. The molecule has 2 heteroatoms. The second-order valence-electron chi connectivity index (χ2n) is 7.38. The number of hydrogen-bond donors (Lipinski definition) is 1. The molecule has 26 heavy (non-hydrogen) atoms. The molecule has 0 radical (unpaired) electrons. The van der Waals surface area contributed by atoms with Crippen LogP contribution in [0.4, 0.5) is 0 Å². The summed E-state index contributed by atoms with van der Waals surface area (Å²) in [6.45, 7) is 5.54. The largest absolute Gasteiger partial charge is 0.311 e. The minimum atomic E-state index is 0.408. The van der Waals surface area contributed by atoms with Crippen LogP contribution >= 0.6 is 0 Å². The molecule has 3 aromatic carbocycles. The lowest BCUT2D eigenvalue weighted by Crippen LogP contribution is -2.30. The molecule has 2 nitrogen and oxygen atoms in total. The van der Waals surface area contributed by atoms with Crippen molar-refractivity contribution in [3.8, 4) is 5.69 Å². The van der Waals surface area contributed by atoms with E-state index in [1.165, 1.54) is 44.2 Å². The highest BCUT2D eigenvalue weighted by molar-refractivity contribution is 5.95. The lowest BCUT2D eigenvalue weighted by atomic mass is 9.97. The molecule has 0 spiro atoms. The van der Waals surface area contributed by atoms with Crippen molar-refractivity contribution in [3.63, 3.8) is 0 Å². The fourth-order valence-corrected chi connectivity index (χ4v) is 4.59. The van der Waals surface area contributed by atoms with Crippen molar-refractivity contribution in [2.24, 2.45) is 0 Å². The Bertz CT molecular complexity index is 1110. The van der Waals surface area contributed by atoms with Gasteiger partial charge in [0.15, 0.2) is 0 Å². The highest BCUT2D eigenvalue weighted by Gasteiger charge is 2.27. The average Bonchev–Trinajstić information content (AvgIpc) is 3.01. The minimum absolute atomic E-state index is 0.408. The van der Waals surface area contributed by atoms with Gasteiger partial charge in [0.2, 0.25) is 0 Å². The summed E-state index contributed by atoms with van der Waals surface area (Å²) < 4.78 is 2.52. The van der Waals surface area contributed by atoms with Crippen LogP contribution in [0.15, 0.2) is 60.7 Å². The quantitative estimate of drug-likeness (QED) is 0.496. The van der Waals surface area contributed by atoms with Gasteiger partial charge in [0.1, 0.15) is 0 Å². The topological polar surface area (TPSA) is 17.0 Å². The fourth-order valence-electron chi connectivity index (χ4n) is 4.59. The summed E-state index contributed by atoms with van der Waals surface area (Å²) in [6.07, 6.45) is 2.20. The summed E-state index contributed by atoms with van der Waals surface area (Å²) in [5, 5.41) is 7.77. The molecule has 0 fully saturated rings. The smallest absolute Gasteiger partial charge is 0.0537 e. The summed E-state index contributed by atoms with van der Waals surface area (Å²) in [5.41, 5.74) is 6.94. The van der Waals surface area contributed by atoms with Gasteiger partial charge >= 0.3 is 0 Å². The van der Waals surface area contributed by atoms with E-state index < -0.39 is 0 Å². The Labute approximate surface area is 154 Å². The number of rotatable bonds is 2. The van der Waals surface area contributed by atoms with Crippen molar-refractivity contribution in [1.82, 2.24) is 9.88 Å². The van der Waals surface area contributed by atoms with Crippen LogP contribution in [0.5, 0.6) is 0 Å². The standard InChI is InChI=1S/C24H24N2/c1-3-21-24-19(13-14-25-21)20-15-16(2)11-12-23(20)26(24)22-10-6-8-17-7-4-5-9-18(17)22/h4-12,15,21,25H,3,13-14H2,1-2H3. The molecule has 1 aliphatic heterocycles. The summed E-state index contributed by atoms with van der Waals surface area (Å²) in [6, 6.07) is 22.7. The van der Waals surface area contributed by atoms with Crippen LogP contribution in [-0.4, -0.2) is 11.1 Å². The minimum Gasteiger partial charge on any atom is -0.311 e. The highest BCUT2D eigenvalue weighted by Crippen LogP contribution is 2.38. The molecule has 1 N–H and O–H groups in total. The predicted molar refractivity (Wildman–Crippen MR) is 110 cm³/mol. The van der Waals surface area contributed by atoms with Gasteiger partial charge in [-0.1, -0.05) is 55.0 Å². The van der Waals surface area contributed by atoms with Crippen molar-refractivity contribution in [1.29, 1.82) is 0 Å². The predicted octanol–water partition coefficient (Wildman–Crippen LogP) is 5.69. The van der Waals surface area contributed by atoms with E-state index in [1.807, 2.05) is 0 Å². The van der Waals surface area contributed by atoms with Gasteiger partial charge in [-0.2, -0.15) is 0 Å². The van der Waals surface area contributed by atoms with Gasteiger partial charge in [0.25, 0.3) is 0 Å². The normalized spacial score (nSPS) is 16.9. The Morgan fingerprint density at radius 3 is 2.73 bits per heavy atom. The third kappa shape index (κ3) is 2.22. The molecule has 2 heterocycles. The lowest BCUT2D eigenvalue weighted by molar-refractivity contribution is 0.477. The van der Waals surface area contributed by atoms with Crippen molar-refractivity contribution in [2.75, 3.05) is 6.54 Å². The number of benzene rings is 3. The van der Waals surface area contributed by atoms with Gasteiger partial charge in [0.05, 0.1) is 11.2 Å². The van der Waals surface area contributed by atoms with Gasteiger partial charge in [-0.15, -0.1) is 0 Å². The number of hydrogen-bond acceptors (Lipinski definition) is 1. The maximum absolute atomic E-state index is 3.74. The first-order valence-corrected chi connectivity index (χ1v) is 9.63. The molecule has 0 saturated carbocycles. The van der Waals surface area contributed by atoms with Crippen LogP contribution in [0.25, 0.3) is 27.4 Å². The third-order valence-corrected chi connectivity index (χ3v) is 5.78. The molecule has 0 aliphatic carbocycles. The monoisotopic (exact) mass is 340 g/mol. The zero-order chi connectivity index (χ0) is 17.7. The number of fused-ring (bicyclic) bond motifs is 4. The summed E-state index contributed by atoms with van der Waals surface area (Å²) in [5.74, 6) is 0. The lowest BCUT2D eigenvalue weighted by Gasteiger charge is -2.26. The van der Waals surface area contributed by atoms with E-state index >= 15 is 0 Å². The Balaban J connectivity index is 1.93. The third-order valence-electron chi connectivity index (χ3n) is 5.78. The highest BCUT2D eigenvalue weighted by atomic mass is 15.1. The van der Waals surface area contributed by atoms with E-state index in [2.05, 4.69) is 84.4 Å². The van der Waals surface area contributed by atoms with E-state index in [-0.39, 0.29) is 0 Å². The molecule has 4 aromatic rings. The van der Waals surface area contributed by atoms with E-state index in [1.54, 1.807) is 0 Å². The maximum atomic E-state index is 3.74. The Morgan fingerprint density at radius 1 is 1.00 bits per heavy atom. The van der Waals surface area contributed by atoms with Crippen molar-refractivity contribution >= 4 is 21.7 Å². The second-order valence-corrected chi connectivity index (χ2v) is 7.38. The average molecular weight is 340 g/mol. The molecule has 1 aromatic heterocycles. The van der Waals surface area contributed by atoms with E-state index in [0.717, 1.165) is 19.4 Å². The molecule has 1 aliphatic rings. The summed E-state index contributed by atoms with van der Waals surface area (Å²) in [7, 11) is 0.